The number of aromatic nitrogens is 4. The standard InChI is InChI=1S/C53H72N10O3S/c1-36(64)16-9-7-8-12-22-56-48(65)45-40(20-21-44(59-45)62-25-15-17-39(47(62)55-6)37(2)46(54)60-49-58-42-18-10-11-19-43(42)67-49)41-28-57-63(38(41)3)35-52-30-50(4)29-51(5,31-52)33-53(32-50,34-52)66-27-26-61-23-13-14-24-61/h10-11,18-21,28H,6-9,12-17,22-27,29-35,54H2,1-5H3,(H,56,65)(H,58,60)/b46-37+. The van der Waals surface area contributed by atoms with Crippen molar-refractivity contribution in [2.75, 3.05) is 49.5 Å². The van der Waals surface area contributed by atoms with Crippen molar-refractivity contribution in [2.24, 2.45) is 27.0 Å². The summed E-state index contributed by atoms with van der Waals surface area (Å²) in [5, 5.41) is 12.4. The van der Waals surface area contributed by atoms with Crippen LogP contribution in [0.4, 0.5) is 10.9 Å². The molecule has 3 aromatic heterocycles. The topological polar surface area (TPSA) is 156 Å². The second-order valence-corrected chi connectivity index (χ2v) is 22.6. The van der Waals surface area contributed by atoms with Gasteiger partial charge < -0.3 is 35.7 Å². The number of benzene rings is 1. The summed E-state index contributed by atoms with van der Waals surface area (Å²) in [5.41, 5.74) is 13.1. The number of anilines is 2. The molecule has 4 bridgehead atoms. The minimum Gasteiger partial charge on any atom is -0.385 e. The van der Waals surface area contributed by atoms with E-state index in [1.165, 1.54) is 45.2 Å². The Bertz CT molecular complexity index is 2520. The summed E-state index contributed by atoms with van der Waals surface area (Å²) in [4.78, 5) is 45.0. The third-order valence-electron chi connectivity index (χ3n) is 15.5. The van der Waals surface area contributed by atoms with E-state index in [1.54, 1.807) is 18.3 Å². The fraction of sp³-hybridized carbons (Fsp3) is 0.585. The van der Waals surface area contributed by atoms with Gasteiger partial charge in [0.25, 0.3) is 5.91 Å². The number of hydrogen-bond acceptors (Lipinski definition) is 12. The summed E-state index contributed by atoms with van der Waals surface area (Å²) in [6.45, 7) is 21.1. The Morgan fingerprint density at radius 2 is 1.67 bits per heavy atom. The maximum atomic E-state index is 14.4. The summed E-state index contributed by atoms with van der Waals surface area (Å²) in [5.74, 6) is 1.80. The number of nitrogens with one attached hydrogen (secondary N) is 2. The molecule has 1 aromatic carbocycles. The number of Topliss-reactive ketones (excluding diaryl/α,β-unsaturated/α-hetero) is 1. The van der Waals surface area contributed by atoms with E-state index < -0.39 is 0 Å². The Labute approximate surface area is 401 Å². The van der Waals surface area contributed by atoms with E-state index in [0.29, 0.717) is 42.7 Å². The van der Waals surface area contributed by atoms with Gasteiger partial charge in [0.15, 0.2) is 5.13 Å². The molecular formula is C53H72N10O3S. The van der Waals surface area contributed by atoms with Crippen LogP contribution in [-0.4, -0.2) is 88.0 Å². The second-order valence-electron chi connectivity index (χ2n) is 21.6. The van der Waals surface area contributed by atoms with Crippen LogP contribution in [0.3, 0.4) is 0 Å². The van der Waals surface area contributed by atoms with Crippen LogP contribution in [-0.2, 0) is 16.1 Å². The molecule has 2 atom stereocenters. The van der Waals surface area contributed by atoms with Crippen molar-refractivity contribution in [3.63, 3.8) is 0 Å². The van der Waals surface area contributed by atoms with Gasteiger partial charge in [0.05, 0.1) is 28.6 Å². The molecule has 4 saturated carbocycles. The maximum absolute atomic E-state index is 14.4. The zero-order valence-corrected chi connectivity index (χ0v) is 41.5. The molecule has 13 nitrogen and oxygen atoms in total. The molecule has 10 rings (SSSR count). The first-order valence-corrected chi connectivity index (χ1v) is 25.7. The number of allylic oxidation sites excluding steroid dienone is 2. The van der Waals surface area contributed by atoms with Crippen molar-refractivity contribution in [3.8, 4) is 11.1 Å². The van der Waals surface area contributed by atoms with Gasteiger partial charge in [-0.1, -0.05) is 50.2 Å². The van der Waals surface area contributed by atoms with Crippen molar-refractivity contribution in [3.05, 3.63) is 76.8 Å². The van der Waals surface area contributed by atoms with Gasteiger partial charge in [0, 0.05) is 55.0 Å². The molecular weight excluding hydrogens is 857 g/mol. The Hall–Kier alpha value is -4.92. The van der Waals surface area contributed by atoms with Crippen molar-refractivity contribution in [1.82, 2.24) is 30.0 Å². The number of hydrogen-bond donors (Lipinski definition) is 3. The molecule has 2 unspecified atom stereocenters. The van der Waals surface area contributed by atoms with Gasteiger partial charge in [-0.25, -0.2) is 15.0 Å². The molecule has 1 amide bonds. The normalized spacial score (nSPS) is 26.4. The Kier molecular flexibility index (Phi) is 13.5. The number of nitrogens with zero attached hydrogens (tertiary/aromatic N) is 7. The van der Waals surface area contributed by atoms with E-state index >= 15 is 0 Å². The second kappa shape index (κ2) is 19.2. The highest BCUT2D eigenvalue weighted by molar-refractivity contribution is 7.22. The lowest BCUT2D eigenvalue weighted by Crippen LogP contribution is -2.64. The van der Waals surface area contributed by atoms with Crippen molar-refractivity contribution in [1.29, 1.82) is 0 Å². The summed E-state index contributed by atoms with van der Waals surface area (Å²) >= 11 is 1.56. The Morgan fingerprint density at radius 3 is 2.42 bits per heavy atom. The molecule has 6 aliphatic rings. The smallest absolute Gasteiger partial charge is 0.270 e. The molecule has 4 aromatic rings. The summed E-state index contributed by atoms with van der Waals surface area (Å²) in [6, 6.07) is 12.1. The maximum Gasteiger partial charge on any atom is 0.270 e. The van der Waals surface area contributed by atoms with Gasteiger partial charge in [-0.3, -0.25) is 9.48 Å². The number of pyridine rings is 1. The number of carbonyl (C=O) groups excluding carboxylic acids is 2. The molecule has 0 radical (unpaired) electrons. The van der Waals surface area contributed by atoms with Crippen molar-refractivity contribution in [2.45, 2.75) is 143 Å². The largest absolute Gasteiger partial charge is 0.385 e. The highest BCUT2D eigenvalue weighted by Gasteiger charge is 2.66. The fourth-order valence-electron chi connectivity index (χ4n) is 13.7. The van der Waals surface area contributed by atoms with E-state index in [2.05, 4.69) is 63.7 Å². The fourth-order valence-corrected chi connectivity index (χ4v) is 14.6. The van der Waals surface area contributed by atoms with Crippen LogP contribution >= 0.6 is 11.3 Å². The third kappa shape index (κ3) is 10.1. The van der Waals surface area contributed by atoms with E-state index in [4.69, 9.17) is 25.5 Å². The van der Waals surface area contributed by atoms with Crippen LogP contribution in [0.25, 0.3) is 21.3 Å². The van der Waals surface area contributed by atoms with Gasteiger partial charge >= 0.3 is 0 Å². The molecule has 1 saturated heterocycles. The number of likely N-dealkylation sites (tertiary alicyclic amines) is 1. The number of nitrogens with two attached hydrogens (primary N) is 1. The molecule has 14 heteroatoms. The lowest BCUT2D eigenvalue weighted by Gasteiger charge is -2.69. The van der Waals surface area contributed by atoms with Crippen LogP contribution < -0.4 is 21.3 Å². The quantitative estimate of drug-likeness (QED) is 0.0576. The molecule has 2 aliphatic heterocycles. The van der Waals surface area contributed by atoms with E-state index in [1.807, 2.05) is 43.5 Å². The minimum atomic E-state index is -0.225. The number of ether oxygens (including phenoxy) is 1. The zero-order chi connectivity index (χ0) is 47.0. The van der Waals surface area contributed by atoms with Crippen molar-refractivity contribution >= 4 is 50.9 Å². The first-order chi connectivity index (χ1) is 32.2. The molecule has 5 heterocycles. The number of thiazole rings is 1. The molecule has 67 heavy (non-hydrogen) atoms. The van der Waals surface area contributed by atoms with Crippen LogP contribution in [0, 0.1) is 23.2 Å². The van der Waals surface area contributed by atoms with E-state index in [0.717, 1.165) is 121 Å². The van der Waals surface area contributed by atoms with Gasteiger partial charge in [-0.05, 0) is 164 Å². The molecule has 5 fully saturated rings. The molecule has 4 N–H and O–H groups in total. The predicted octanol–water partition coefficient (Wildman–Crippen LogP) is 10.2. The van der Waals surface area contributed by atoms with Crippen LogP contribution in [0.5, 0.6) is 0 Å². The van der Waals surface area contributed by atoms with Crippen LogP contribution in [0.2, 0.25) is 0 Å². The van der Waals surface area contributed by atoms with E-state index in [-0.39, 0.29) is 33.5 Å². The average Bonchev–Trinajstić information content (AvgIpc) is 4.04. The summed E-state index contributed by atoms with van der Waals surface area (Å²) in [7, 11) is 0. The summed E-state index contributed by atoms with van der Waals surface area (Å²) < 4.78 is 10.4. The van der Waals surface area contributed by atoms with Gasteiger partial charge in [-0.15, -0.1) is 0 Å². The van der Waals surface area contributed by atoms with Gasteiger partial charge in [0.2, 0.25) is 0 Å². The van der Waals surface area contributed by atoms with Crippen molar-refractivity contribution < 1.29 is 14.3 Å². The highest BCUT2D eigenvalue weighted by Crippen LogP contribution is 2.72. The van der Waals surface area contributed by atoms with Crippen LogP contribution in [0.15, 0.2) is 70.4 Å². The van der Waals surface area contributed by atoms with Gasteiger partial charge in [0.1, 0.15) is 28.9 Å². The Balaban J connectivity index is 0.991. The number of carbonyl (C=O) groups is 2. The number of ketones is 1. The minimum absolute atomic E-state index is 0.0823. The SMILES string of the molecule is C=NC1=C(/C(C)=C(\N)Nc2nc3ccccc3s2)CCCN1c1ccc(-c2cnn(CC34CC5(C)CC(C)(C3)CC(OCCN3CCCC3)(C5)C4)c2C)c(C(=O)NCCCCCCC(C)=O)n1. The van der Waals surface area contributed by atoms with E-state index in [9.17, 15) is 9.59 Å². The summed E-state index contributed by atoms with van der Waals surface area (Å²) in [6.07, 6.45) is 17.3. The first-order valence-electron chi connectivity index (χ1n) is 24.9. The number of fused-ring (bicyclic) bond motifs is 1. The first kappa shape index (κ1) is 47.2. The highest BCUT2D eigenvalue weighted by atomic mass is 32.1. The molecule has 358 valence electrons. The zero-order valence-electron chi connectivity index (χ0n) is 40.6. The lowest BCUT2D eigenvalue weighted by molar-refractivity contribution is -0.248. The van der Waals surface area contributed by atoms with Crippen LogP contribution in [0.1, 0.15) is 140 Å². The Morgan fingerprint density at radius 1 is 0.910 bits per heavy atom. The lowest BCUT2D eigenvalue weighted by atomic mass is 9.39. The van der Waals surface area contributed by atoms with Gasteiger partial charge in [-0.2, -0.15) is 5.10 Å². The number of amides is 1. The monoisotopic (exact) mass is 929 g/mol. The molecule has 0 spiro atoms. The number of aliphatic imine (C=N–C) groups is 1. The molecule has 4 aliphatic carbocycles. The third-order valence-corrected chi connectivity index (χ3v) is 16.5. The predicted molar refractivity (Wildman–Crippen MR) is 270 cm³/mol. The average molecular weight is 929 g/mol. The number of unbranched alkanes of at least 4 members (excludes halogenated alkanes) is 3. The number of rotatable bonds is 20. The number of para-hydroxylation sites is 1.